The minimum absolute atomic E-state index is 0.731. The van der Waals surface area contributed by atoms with Crippen LogP contribution in [0, 0.1) is 0 Å². The van der Waals surface area contributed by atoms with Crippen molar-refractivity contribution in [3.63, 3.8) is 0 Å². The standard InChI is InChI=1S/C9H13N3S/c10-8-7(6-2-3-6)9(13-11-8)12-4-1-5-12/h6H,1-5H2,(H2,10,11). The zero-order valence-electron chi connectivity index (χ0n) is 7.49. The molecule has 0 spiro atoms. The van der Waals surface area contributed by atoms with E-state index >= 15 is 0 Å². The Labute approximate surface area is 81.7 Å². The molecule has 70 valence electrons. The lowest BCUT2D eigenvalue weighted by atomic mass is 10.1. The summed E-state index contributed by atoms with van der Waals surface area (Å²) in [5, 5.41) is 1.35. The molecule has 0 amide bonds. The molecule has 0 atom stereocenters. The highest BCUT2D eigenvalue weighted by Gasteiger charge is 2.33. The third-order valence-electron chi connectivity index (χ3n) is 2.87. The van der Waals surface area contributed by atoms with Gasteiger partial charge < -0.3 is 10.6 Å². The number of nitrogen functional groups attached to an aromatic ring is 1. The van der Waals surface area contributed by atoms with E-state index in [0.717, 1.165) is 11.7 Å². The van der Waals surface area contributed by atoms with Gasteiger partial charge in [-0.15, -0.1) is 0 Å². The molecule has 1 aromatic heterocycles. The highest BCUT2D eigenvalue weighted by molar-refractivity contribution is 7.10. The van der Waals surface area contributed by atoms with Crippen molar-refractivity contribution in [2.75, 3.05) is 23.7 Å². The Hall–Kier alpha value is -0.770. The van der Waals surface area contributed by atoms with Crippen LogP contribution in [-0.4, -0.2) is 17.5 Å². The molecular weight excluding hydrogens is 182 g/mol. The van der Waals surface area contributed by atoms with E-state index in [2.05, 4.69) is 9.27 Å². The van der Waals surface area contributed by atoms with Crippen molar-refractivity contribution < 1.29 is 0 Å². The Kier molecular flexibility index (Phi) is 1.53. The highest BCUT2D eigenvalue weighted by Crippen LogP contribution is 2.49. The van der Waals surface area contributed by atoms with Gasteiger partial charge in [0.1, 0.15) is 10.8 Å². The molecule has 13 heavy (non-hydrogen) atoms. The van der Waals surface area contributed by atoms with Crippen LogP contribution in [-0.2, 0) is 0 Å². The fraction of sp³-hybridized carbons (Fsp3) is 0.667. The smallest absolute Gasteiger partial charge is 0.142 e. The van der Waals surface area contributed by atoms with E-state index in [1.165, 1.54) is 42.9 Å². The first-order valence-corrected chi connectivity index (χ1v) is 5.63. The van der Waals surface area contributed by atoms with E-state index in [0.29, 0.717) is 0 Å². The molecule has 1 saturated carbocycles. The molecule has 0 radical (unpaired) electrons. The molecular formula is C9H13N3S. The van der Waals surface area contributed by atoms with Crippen LogP contribution < -0.4 is 10.6 Å². The van der Waals surface area contributed by atoms with Gasteiger partial charge in [0.05, 0.1) is 0 Å². The Balaban J connectivity index is 1.97. The van der Waals surface area contributed by atoms with Crippen molar-refractivity contribution in [1.29, 1.82) is 0 Å². The maximum absolute atomic E-state index is 5.87. The first-order chi connectivity index (χ1) is 6.36. The lowest BCUT2D eigenvalue weighted by Gasteiger charge is -2.32. The Morgan fingerprint density at radius 1 is 1.38 bits per heavy atom. The predicted molar refractivity (Wildman–Crippen MR) is 55.3 cm³/mol. The van der Waals surface area contributed by atoms with Gasteiger partial charge in [-0.3, -0.25) is 0 Å². The minimum atomic E-state index is 0.731. The summed E-state index contributed by atoms with van der Waals surface area (Å²) in [5.74, 6) is 1.52. The fourth-order valence-corrected chi connectivity index (χ4v) is 2.75. The number of hydrogen-bond acceptors (Lipinski definition) is 4. The van der Waals surface area contributed by atoms with E-state index in [9.17, 15) is 0 Å². The average molecular weight is 195 g/mol. The number of nitrogens with two attached hydrogens (primary N) is 1. The van der Waals surface area contributed by atoms with Crippen molar-refractivity contribution in [3.8, 4) is 0 Å². The maximum atomic E-state index is 5.87. The van der Waals surface area contributed by atoms with Gasteiger partial charge in [-0.2, -0.15) is 4.37 Å². The van der Waals surface area contributed by atoms with Crippen LogP contribution in [0.25, 0.3) is 0 Å². The average Bonchev–Trinajstić information content (AvgIpc) is 2.76. The Bertz CT molecular complexity index is 326. The second kappa shape index (κ2) is 2.61. The molecule has 1 aliphatic heterocycles. The zero-order chi connectivity index (χ0) is 8.84. The first kappa shape index (κ1) is 7.62. The summed E-state index contributed by atoms with van der Waals surface area (Å²) in [5.41, 5.74) is 7.22. The molecule has 0 unspecified atom stereocenters. The molecule has 1 saturated heterocycles. The van der Waals surface area contributed by atoms with Crippen molar-refractivity contribution in [2.45, 2.75) is 25.2 Å². The van der Waals surface area contributed by atoms with E-state index in [1.54, 1.807) is 11.5 Å². The normalized spacial score (nSPS) is 21.7. The number of nitrogens with zero attached hydrogens (tertiary/aromatic N) is 2. The van der Waals surface area contributed by atoms with Gasteiger partial charge in [-0.05, 0) is 36.7 Å². The summed E-state index contributed by atoms with van der Waals surface area (Å²) >= 11 is 1.58. The summed E-state index contributed by atoms with van der Waals surface area (Å²) in [6, 6.07) is 0. The van der Waals surface area contributed by atoms with Crippen molar-refractivity contribution in [2.24, 2.45) is 0 Å². The SMILES string of the molecule is Nc1nsc(N2CCC2)c1C1CC1. The number of aromatic nitrogens is 1. The van der Waals surface area contributed by atoms with Crippen LogP contribution in [0.1, 0.15) is 30.7 Å². The van der Waals surface area contributed by atoms with Gasteiger partial charge in [0.15, 0.2) is 0 Å². The highest BCUT2D eigenvalue weighted by atomic mass is 32.1. The lowest BCUT2D eigenvalue weighted by Crippen LogP contribution is -2.36. The molecule has 3 nitrogen and oxygen atoms in total. The second-order valence-corrected chi connectivity index (χ2v) is 4.65. The summed E-state index contributed by atoms with van der Waals surface area (Å²) < 4.78 is 4.26. The first-order valence-electron chi connectivity index (χ1n) is 4.86. The molecule has 2 heterocycles. The van der Waals surface area contributed by atoms with Gasteiger partial charge in [0.25, 0.3) is 0 Å². The maximum Gasteiger partial charge on any atom is 0.142 e. The van der Waals surface area contributed by atoms with Crippen molar-refractivity contribution >= 4 is 22.4 Å². The van der Waals surface area contributed by atoms with E-state index in [1.807, 2.05) is 0 Å². The Morgan fingerprint density at radius 3 is 2.69 bits per heavy atom. The van der Waals surface area contributed by atoms with Crippen LogP contribution in [0.4, 0.5) is 10.8 Å². The minimum Gasteiger partial charge on any atom is -0.383 e. The van der Waals surface area contributed by atoms with Crippen LogP contribution >= 0.6 is 11.5 Å². The van der Waals surface area contributed by atoms with Crippen LogP contribution in [0.15, 0.2) is 0 Å². The number of hydrogen-bond donors (Lipinski definition) is 1. The monoisotopic (exact) mass is 195 g/mol. The largest absolute Gasteiger partial charge is 0.383 e. The van der Waals surface area contributed by atoms with E-state index in [4.69, 9.17) is 5.73 Å². The van der Waals surface area contributed by atoms with Gasteiger partial charge in [0, 0.05) is 18.7 Å². The molecule has 3 rings (SSSR count). The van der Waals surface area contributed by atoms with Crippen LogP contribution in [0.3, 0.4) is 0 Å². The third kappa shape index (κ3) is 1.12. The fourth-order valence-electron chi connectivity index (χ4n) is 1.80. The molecule has 1 aliphatic carbocycles. The van der Waals surface area contributed by atoms with Gasteiger partial charge in [0.2, 0.25) is 0 Å². The molecule has 0 aromatic carbocycles. The van der Waals surface area contributed by atoms with Crippen LogP contribution in [0.5, 0.6) is 0 Å². The van der Waals surface area contributed by atoms with E-state index < -0.39 is 0 Å². The van der Waals surface area contributed by atoms with Gasteiger partial charge >= 0.3 is 0 Å². The second-order valence-electron chi connectivity index (χ2n) is 3.90. The summed E-state index contributed by atoms with van der Waals surface area (Å²) in [6.45, 7) is 2.39. The predicted octanol–water partition coefficient (Wildman–Crippen LogP) is 1.81. The Morgan fingerprint density at radius 2 is 2.15 bits per heavy atom. The number of rotatable bonds is 2. The summed E-state index contributed by atoms with van der Waals surface area (Å²) in [6.07, 6.45) is 3.94. The quantitative estimate of drug-likeness (QED) is 0.782. The van der Waals surface area contributed by atoms with Crippen LogP contribution in [0.2, 0.25) is 0 Å². The van der Waals surface area contributed by atoms with Gasteiger partial charge in [-0.1, -0.05) is 0 Å². The molecule has 2 fully saturated rings. The molecule has 1 aromatic rings. The zero-order valence-corrected chi connectivity index (χ0v) is 8.31. The summed E-state index contributed by atoms with van der Waals surface area (Å²) in [7, 11) is 0. The number of anilines is 2. The topological polar surface area (TPSA) is 42.1 Å². The third-order valence-corrected chi connectivity index (χ3v) is 3.80. The van der Waals surface area contributed by atoms with E-state index in [-0.39, 0.29) is 0 Å². The summed E-state index contributed by atoms with van der Waals surface area (Å²) in [4.78, 5) is 2.40. The molecule has 2 N–H and O–H groups in total. The molecule has 2 aliphatic rings. The van der Waals surface area contributed by atoms with Crippen molar-refractivity contribution in [3.05, 3.63) is 5.56 Å². The molecule has 0 bridgehead atoms. The van der Waals surface area contributed by atoms with Gasteiger partial charge in [-0.25, -0.2) is 0 Å². The lowest BCUT2D eigenvalue weighted by molar-refractivity contribution is 0.620. The van der Waals surface area contributed by atoms with Crippen molar-refractivity contribution in [1.82, 2.24) is 4.37 Å². The molecule has 4 heteroatoms.